The Labute approximate surface area is 128 Å². The van der Waals surface area contributed by atoms with Gasteiger partial charge in [0.25, 0.3) is 5.69 Å². The Balaban J connectivity index is 3.49. The molecular weight excluding hydrogens is 312 g/mol. The second-order valence-corrected chi connectivity index (χ2v) is 6.94. The summed E-state index contributed by atoms with van der Waals surface area (Å²) in [7, 11) is -4.35. The van der Waals surface area contributed by atoms with Gasteiger partial charge in [-0.25, -0.2) is 8.42 Å². The highest BCUT2D eigenvalue weighted by Gasteiger charge is 2.34. The number of benzene rings is 1. The summed E-state index contributed by atoms with van der Waals surface area (Å²) < 4.78 is 27.0. The number of aryl methyl sites for hydroxylation is 1. The number of nitrogens with one attached hydrogen (secondary N) is 1. The van der Waals surface area contributed by atoms with Gasteiger partial charge in [-0.1, -0.05) is 19.9 Å². The highest BCUT2D eigenvalue weighted by atomic mass is 32.2. The summed E-state index contributed by atoms with van der Waals surface area (Å²) >= 11 is 0. The van der Waals surface area contributed by atoms with Gasteiger partial charge in [0.15, 0.2) is 4.90 Å². The van der Waals surface area contributed by atoms with E-state index in [1.54, 1.807) is 20.8 Å². The molecule has 1 atom stereocenters. The van der Waals surface area contributed by atoms with Crippen LogP contribution in [0.3, 0.4) is 0 Å². The molecule has 2 N–H and O–H groups in total. The molecule has 0 amide bonds. The van der Waals surface area contributed by atoms with E-state index in [9.17, 15) is 23.3 Å². The van der Waals surface area contributed by atoms with Gasteiger partial charge in [0.05, 0.1) is 4.92 Å². The first-order valence-corrected chi connectivity index (χ1v) is 7.97. The lowest BCUT2D eigenvalue weighted by Crippen LogP contribution is -2.44. The predicted molar refractivity (Wildman–Crippen MR) is 79.2 cm³/mol. The highest BCUT2D eigenvalue weighted by molar-refractivity contribution is 7.89. The highest BCUT2D eigenvalue weighted by Crippen LogP contribution is 2.29. The summed E-state index contributed by atoms with van der Waals surface area (Å²) in [5, 5.41) is 20.2. The van der Waals surface area contributed by atoms with Crippen LogP contribution in [0.4, 0.5) is 5.69 Å². The number of nitrogens with zero attached hydrogens (tertiary/aromatic N) is 1. The van der Waals surface area contributed by atoms with E-state index in [0.29, 0.717) is 5.56 Å². The largest absolute Gasteiger partial charge is 0.480 e. The quantitative estimate of drug-likeness (QED) is 0.602. The standard InChI is InChI=1S/C13H18N2O6S/c1-7(2)11(13(16)17)14-22(20,21)12-9(4)8(3)5-6-10(12)15(18)19/h5-7,11,14H,1-4H3,(H,16,17)/t11-/m0/s1. The smallest absolute Gasteiger partial charge is 0.322 e. The van der Waals surface area contributed by atoms with Gasteiger partial charge in [0, 0.05) is 6.07 Å². The third-order valence-electron chi connectivity index (χ3n) is 3.34. The fourth-order valence-corrected chi connectivity index (χ4v) is 3.76. The summed E-state index contributed by atoms with van der Waals surface area (Å²) in [4.78, 5) is 20.9. The number of carboxylic acids is 1. The lowest BCUT2D eigenvalue weighted by Gasteiger charge is -2.19. The molecule has 0 saturated heterocycles. The molecule has 0 unspecified atom stereocenters. The van der Waals surface area contributed by atoms with Crippen LogP contribution in [0.25, 0.3) is 0 Å². The van der Waals surface area contributed by atoms with E-state index in [1.807, 2.05) is 4.72 Å². The van der Waals surface area contributed by atoms with E-state index >= 15 is 0 Å². The Hall–Kier alpha value is -2.00. The van der Waals surface area contributed by atoms with Gasteiger partial charge in [-0.05, 0) is 30.9 Å². The molecule has 0 spiro atoms. The molecule has 0 heterocycles. The topological polar surface area (TPSA) is 127 Å². The zero-order valence-electron chi connectivity index (χ0n) is 12.7. The average Bonchev–Trinajstić information content (AvgIpc) is 2.37. The van der Waals surface area contributed by atoms with Crippen LogP contribution >= 0.6 is 0 Å². The van der Waals surface area contributed by atoms with E-state index < -0.39 is 43.5 Å². The van der Waals surface area contributed by atoms with Crippen molar-refractivity contribution in [2.75, 3.05) is 0 Å². The van der Waals surface area contributed by atoms with Gasteiger partial charge in [-0.15, -0.1) is 0 Å². The minimum atomic E-state index is -4.35. The molecule has 22 heavy (non-hydrogen) atoms. The fourth-order valence-electron chi connectivity index (χ4n) is 1.96. The normalized spacial score (nSPS) is 13.1. The molecule has 0 radical (unpaired) electrons. The number of aliphatic carboxylic acids is 1. The lowest BCUT2D eigenvalue weighted by atomic mass is 10.1. The van der Waals surface area contributed by atoms with Crippen LogP contribution in [0.1, 0.15) is 25.0 Å². The van der Waals surface area contributed by atoms with Crippen LogP contribution in [0.15, 0.2) is 17.0 Å². The summed E-state index contributed by atoms with van der Waals surface area (Å²) in [5.41, 5.74) is 0.195. The Morgan fingerprint density at radius 1 is 1.32 bits per heavy atom. The van der Waals surface area contributed by atoms with Crippen molar-refractivity contribution >= 4 is 21.7 Å². The molecule has 0 saturated carbocycles. The Morgan fingerprint density at radius 2 is 1.86 bits per heavy atom. The first-order valence-electron chi connectivity index (χ1n) is 6.48. The molecular formula is C13H18N2O6S. The van der Waals surface area contributed by atoms with E-state index in [-0.39, 0.29) is 5.56 Å². The van der Waals surface area contributed by atoms with Crippen LogP contribution in [0, 0.1) is 29.9 Å². The van der Waals surface area contributed by atoms with E-state index in [0.717, 1.165) is 6.07 Å². The minimum Gasteiger partial charge on any atom is -0.480 e. The van der Waals surface area contributed by atoms with Crippen molar-refractivity contribution < 1.29 is 23.2 Å². The summed E-state index contributed by atoms with van der Waals surface area (Å²) in [6.07, 6.45) is 0. The number of carboxylic acid groups (broad SMARTS) is 1. The van der Waals surface area contributed by atoms with Crippen molar-refractivity contribution in [1.82, 2.24) is 4.72 Å². The number of rotatable bonds is 6. The van der Waals surface area contributed by atoms with Crippen molar-refractivity contribution in [3.05, 3.63) is 33.4 Å². The van der Waals surface area contributed by atoms with Crippen molar-refractivity contribution in [2.24, 2.45) is 5.92 Å². The Morgan fingerprint density at radius 3 is 2.27 bits per heavy atom. The van der Waals surface area contributed by atoms with Gasteiger partial charge in [-0.2, -0.15) is 4.72 Å². The number of carbonyl (C=O) groups is 1. The van der Waals surface area contributed by atoms with Crippen LogP contribution in [0.2, 0.25) is 0 Å². The number of hydrogen-bond donors (Lipinski definition) is 2. The molecule has 0 bridgehead atoms. The van der Waals surface area contributed by atoms with Gasteiger partial charge in [-0.3, -0.25) is 14.9 Å². The molecule has 0 aliphatic heterocycles. The van der Waals surface area contributed by atoms with E-state index in [4.69, 9.17) is 5.11 Å². The first-order chi connectivity index (χ1) is 9.99. The van der Waals surface area contributed by atoms with Crippen molar-refractivity contribution in [3.63, 3.8) is 0 Å². The molecule has 8 nitrogen and oxygen atoms in total. The Kier molecular flexibility index (Phi) is 5.26. The number of nitro groups is 1. The second-order valence-electron chi connectivity index (χ2n) is 5.29. The van der Waals surface area contributed by atoms with E-state index in [1.165, 1.54) is 13.0 Å². The van der Waals surface area contributed by atoms with Crippen molar-refractivity contribution in [3.8, 4) is 0 Å². The monoisotopic (exact) mass is 330 g/mol. The van der Waals surface area contributed by atoms with Crippen LogP contribution < -0.4 is 4.72 Å². The molecule has 9 heteroatoms. The van der Waals surface area contributed by atoms with Crippen LogP contribution in [-0.2, 0) is 14.8 Å². The first kappa shape index (κ1) is 18.1. The van der Waals surface area contributed by atoms with Gasteiger partial charge in [0.1, 0.15) is 6.04 Å². The molecule has 1 aromatic rings. The van der Waals surface area contributed by atoms with Gasteiger partial charge in [0.2, 0.25) is 10.0 Å². The maximum absolute atomic E-state index is 12.5. The SMILES string of the molecule is Cc1ccc([N+](=O)[O-])c(S(=O)(=O)N[C@H](C(=O)O)C(C)C)c1C. The number of nitro benzene ring substituents is 1. The molecule has 122 valence electrons. The van der Waals surface area contributed by atoms with Crippen molar-refractivity contribution in [1.29, 1.82) is 0 Å². The number of sulfonamides is 1. The maximum atomic E-state index is 12.5. The minimum absolute atomic E-state index is 0.217. The second kappa shape index (κ2) is 6.41. The molecule has 1 rings (SSSR count). The third-order valence-corrected chi connectivity index (χ3v) is 4.95. The van der Waals surface area contributed by atoms with Gasteiger partial charge >= 0.3 is 5.97 Å². The van der Waals surface area contributed by atoms with Gasteiger partial charge < -0.3 is 5.11 Å². The average molecular weight is 330 g/mol. The summed E-state index contributed by atoms with van der Waals surface area (Å²) in [6.45, 7) is 6.15. The van der Waals surface area contributed by atoms with E-state index in [2.05, 4.69) is 0 Å². The number of hydrogen-bond acceptors (Lipinski definition) is 5. The summed E-state index contributed by atoms with van der Waals surface area (Å²) in [6, 6.07) is 1.18. The fraction of sp³-hybridized carbons (Fsp3) is 0.462. The molecule has 0 aliphatic rings. The zero-order chi connectivity index (χ0) is 17.2. The third kappa shape index (κ3) is 3.60. The Bertz CT molecular complexity index is 711. The summed E-state index contributed by atoms with van der Waals surface area (Å²) in [5.74, 6) is -1.86. The maximum Gasteiger partial charge on any atom is 0.322 e. The zero-order valence-corrected chi connectivity index (χ0v) is 13.5. The molecule has 1 aromatic carbocycles. The van der Waals surface area contributed by atoms with Crippen molar-refractivity contribution in [2.45, 2.75) is 38.6 Å². The molecule has 0 aromatic heterocycles. The van der Waals surface area contributed by atoms with Crippen LogP contribution in [0.5, 0.6) is 0 Å². The molecule has 0 aliphatic carbocycles. The lowest BCUT2D eigenvalue weighted by molar-refractivity contribution is -0.387. The van der Waals surface area contributed by atoms with Crippen LogP contribution in [-0.4, -0.2) is 30.5 Å². The molecule has 0 fully saturated rings. The predicted octanol–water partition coefficient (Wildman–Crippen LogP) is 1.60.